The second-order valence-corrected chi connectivity index (χ2v) is 2.65. The van der Waals surface area contributed by atoms with Gasteiger partial charge in [0.15, 0.2) is 6.20 Å². The highest BCUT2D eigenvalue weighted by molar-refractivity contribution is 5.67. The highest BCUT2D eigenvalue weighted by Gasteiger charge is 2.37. The molecule has 1 rings (SSSR count). The molecule has 0 unspecified atom stereocenters. The molecular weight excluding hydrogens is 245 g/mol. The van der Waals surface area contributed by atoms with Crippen LogP contribution in [-0.4, -0.2) is 16.3 Å². The summed E-state index contributed by atoms with van der Waals surface area (Å²) >= 11 is 0. The van der Waals surface area contributed by atoms with Crippen molar-refractivity contribution in [1.29, 1.82) is 5.26 Å². The molecule has 10 heteroatoms. The molecule has 0 aromatic carbocycles. The maximum Gasteiger partial charge on any atom is 0.573 e. The Morgan fingerprint density at radius 1 is 1.59 bits per heavy atom. The van der Waals surface area contributed by atoms with E-state index in [1.54, 1.807) is 0 Å². The molecule has 90 valence electrons. The minimum atomic E-state index is -5.17. The molecule has 0 bridgehead atoms. The van der Waals surface area contributed by atoms with Crippen LogP contribution in [0.4, 0.5) is 24.7 Å². The number of anilines is 1. The van der Waals surface area contributed by atoms with Crippen LogP contribution in [0.1, 0.15) is 5.56 Å². The first-order valence-corrected chi connectivity index (χ1v) is 3.85. The van der Waals surface area contributed by atoms with Gasteiger partial charge in [0.2, 0.25) is 0 Å². The van der Waals surface area contributed by atoms with Crippen LogP contribution < -0.4 is 10.5 Å². The molecule has 0 radical (unpaired) electrons. The fourth-order valence-electron chi connectivity index (χ4n) is 0.932. The van der Waals surface area contributed by atoms with Crippen LogP contribution in [0.15, 0.2) is 6.20 Å². The third-order valence-corrected chi connectivity index (χ3v) is 1.56. The number of pyridine rings is 1. The molecule has 0 atom stereocenters. The summed E-state index contributed by atoms with van der Waals surface area (Å²) in [7, 11) is 0. The van der Waals surface area contributed by atoms with Crippen molar-refractivity contribution in [2.45, 2.75) is 6.36 Å². The summed E-state index contributed by atoms with van der Waals surface area (Å²) in [6, 6.07) is 1.43. The standard InChI is InChI=1S/C7H3F3N4O3/c8-7(9,10)17-5-4(12)3(1-11)2-13-6(5)14(15)16/h2H,(H2,12,13). The Morgan fingerprint density at radius 2 is 2.18 bits per heavy atom. The Morgan fingerprint density at radius 3 is 2.59 bits per heavy atom. The monoisotopic (exact) mass is 248 g/mol. The molecule has 0 saturated heterocycles. The molecule has 0 spiro atoms. The van der Waals surface area contributed by atoms with Gasteiger partial charge in [0.1, 0.15) is 17.3 Å². The summed E-state index contributed by atoms with van der Waals surface area (Å²) < 4.78 is 39.4. The Balaban J connectivity index is 3.41. The number of nitriles is 1. The fourth-order valence-corrected chi connectivity index (χ4v) is 0.932. The largest absolute Gasteiger partial charge is 0.573 e. The molecular formula is C7H3F3N4O3. The number of nitrogen functional groups attached to an aromatic ring is 1. The summed E-state index contributed by atoms with van der Waals surface area (Å²) in [6.07, 6.45) is -4.48. The van der Waals surface area contributed by atoms with Crippen LogP contribution >= 0.6 is 0 Å². The number of alkyl halides is 3. The predicted octanol–water partition coefficient (Wildman–Crippen LogP) is 1.34. The van der Waals surface area contributed by atoms with Crippen molar-refractivity contribution in [3.05, 3.63) is 21.9 Å². The molecule has 7 nitrogen and oxygen atoms in total. The van der Waals surface area contributed by atoms with E-state index in [2.05, 4.69) is 9.72 Å². The molecule has 1 aromatic rings. The van der Waals surface area contributed by atoms with E-state index in [0.717, 1.165) is 0 Å². The van der Waals surface area contributed by atoms with E-state index < -0.39 is 34.1 Å². The lowest BCUT2D eigenvalue weighted by Gasteiger charge is -2.10. The molecule has 0 amide bonds. The first-order chi connectivity index (χ1) is 7.76. The van der Waals surface area contributed by atoms with Gasteiger partial charge >= 0.3 is 12.2 Å². The van der Waals surface area contributed by atoms with E-state index in [1.165, 1.54) is 6.07 Å². The van der Waals surface area contributed by atoms with E-state index in [0.29, 0.717) is 6.20 Å². The highest BCUT2D eigenvalue weighted by Crippen LogP contribution is 2.36. The molecule has 1 aromatic heterocycles. The number of nitrogens with zero attached hydrogens (tertiary/aromatic N) is 3. The van der Waals surface area contributed by atoms with Crippen molar-refractivity contribution in [2.75, 3.05) is 5.73 Å². The molecule has 17 heavy (non-hydrogen) atoms. The van der Waals surface area contributed by atoms with Crippen LogP contribution in [-0.2, 0) is 0 Å². The van der Waals surface area contributed by atoms with Gasteiger partial charge in [0.25, 0.3) is 5.75 Å². The average molecular weight is 248 g/mol. The van der Waals surface area contributed by atoms with Crippen LogP contribution in [0.5, 0.6) is 5.75 Å². The van der Waals surface area contributed by atoms with Crippen molar-refractivity contribution in [3.8, 4) is 11.8 Å². The second kappa shape index (κ2) is 4.12. The van der Waals surface area contributed by atoms with Gasteiger partial charge in [-0.25, -0.2) is 0 Å². The molecule has 0 aliphatic carbocycles. The van der Waals surface area contributed by atoms with E-state index in [1.807, 2.05) is 0 Å². The third-order valence-electron chi connectivity index (χ3n) is 1.56. The maximum atomic E-state index is 12.0. The van der Waals surface area contributed by atoms with Crippen molar-refractivity contribution in [2.24, 2.45) is 0 Å². The van der Waals surface area contributed by atoms with Gasteiger partial charge in [-0.05, 0) is 9.91 Å². The summed E-state index contributed by atoms with van der Waals surface area (Å²) in [4.78, 5) is 12.3. The zero-order valence-electron chi connectivity index (χ0n) is 7.85. The molecule has 0 fully saturated rings. The van der Waals surface area contributed by atoms with Crippen molar-refractivity contribution < 1.29 is 22.8 Å². The van der Waals surface area contributed by atoms with Gasteiger partial charge < -0.3 is 20.6 Å². The molecule has 0 aliphatic heterocycles. The number of nitro groups is 1. The predicted molar refractivity (Wildman–Crippen MR) is 46.7 cm³/mol. The van der Waals surface area contributed by atoms with E-state index in [9.17, 15) is 23.3 Å². The summed E-state index contributed by atoms with van der Waals surface area (Å²) in [5.41, 5.74) is 3.91. The fraction of sp³-hybridized carbons (Fsp3) is 0.143. The molecule has 1 heterocycles. The quantitative estimate of drug-likeness (QED) is 0.623. The van der Waals surface area contributed by atoms with Crippen LogP contribution in [0.25, 0.3) is 0 Å². The first kappa shape index (κ1) is 12.5. The van der Waals surface area contributed by atoms with Crippen LogP contribution in [0.3, 0.4) is 0 Å². The van der Waals surface area contributed by atoms with Crippen LogP contribution in [0.2, 0.25) is 0 Å². The Bertz CT molecular complexity index is 508. The minimum Gasteiger partial charge on any atom is -0.394 e. The lowest BCUT2D eigenvalue weighted by Crippen LogP contribution is -2.19. The van der Waals surface area contributed by atoms with Crippen molar-refractivity contribution in [1.82, 2.24) is 4.98 Å². The van der Waals surface area contributed by atoms with E-state index in [-0.39, 0.29) is 0 Å². The van der Waals surface area contributed by atoms with Gasteiger partial charge in [-0.1, -0.05) is 0 Å². The zero-order valence-corrected chi connectivity index (χ0v) is 7.85. The van der Waals surface area contributed by atoms with Crippen molar-refractivity contribution >= 4 is 11.5 Å². The van der Waals surface area contributed by atoms with E-state index in [4.69, 9.17) is 11.0 Å². The Kier molecular flexibility index (Phi) is 3.03. The lowest BCUT2D eigenvalue weighted by molar-refractivity contribution is -0.393. The normalized spacial score (nSPS) is 10.7. The smallest absolute Gasteiger partial charge is 0.394 e. The van der Waals surface area contributed by atoms with Crippen molar-refractivity contribution in [3.63, 3.8) is 0 Å². The minimum absolute atomic E-state index is 0.449. The van der Waals surface area contributed by atoms with Gasteiger partial charge in [0, 0.05) is 0 Å². The number of ether oxygens (including phenoxy) is 1. The second-order valence-electron chi connectivity index (χ2n) is 2.65. The number of halogens is 3. The number of rotatable bonds is 2. The first-order valence-electron chi connectivity index (χ1n) is 3.85. The maximum absolute atomic E-state index is 12.0. The SMILES string of the molecule is N#Cc1cnc([N+](=O)[O-])c(OC(F)(F)F)c1N. The summed E-state index contributed by atoms with van der Waals surface area (Å²) in [5.74, 6) is -2.50. The van der Waals surface area contributed by atoms with Gasteiger partial charge in [-0.2, -0.15) is 5.26 Å². The third kappa shape index (κ3) is 2.71. The lowest BCUT2D eigenvalue weighted by atomic mass is 10.2. The van der Waals surface area contributed by atoms with Crippen LogP contribution in [0, 0.1) is 21.4 Å². The summed E-state index contributed by atoms with van der Waals surface area (Å²) in [6.45, 7) is 0. The molecule has 0 saturated carbocycles. The number of hydrogen-bond acceptors (Lipinski definition) is 6. The highest BCUT2D eigenvalue weighted by atomic mass is 19.4. The molecule has 0 aliphatic rings. The Hall–Kier alpha value is -2.57. The van der Waals surface area contributed by atoms with Gasteiger partial charge in [-0.3, -0.25) is 0 Å². The summed E-state index contributed by atoms with van der Waals surface area (Å²) in [5, 5.41) is 18.9. The van der Waals surface area contributed by atoms with Gasteiger partial charge in [-0.15, -0.1) is 13.2 Å². The van der Waals surface area contributed by atoms with Gasteiger partial charge in [0.05, 0.1) is 0 Å². The average Bonchev–Trinajstić information content (AvgIpc) is 2.18. The number of nitrogens with two attached hydrogens (primary N) is 1. The van der Waals surface area contributed by atoms with E-state index >= 15 is 0 Å². The number of hydrogen-bond donors (Lipinski definition) is 1. The molecule has 2 N–H and O–H groups in total. The Labute approximate surface area is 91.4 Å². The topological polar surface area (TPSA) is 115 Å². The number of aromatic nitrogens is 1. The zero-order chi connectivity index (χ0) is 13.2.